The number of anilines is 1. The van der Waals surface area contributed by atoms with Crippen LogP contribution in [-0.4, -0.2) is 63.5 Å². The third-order valence-corrected chi connectivity index (χ3v) is 6.22. The van der Waals surface area contributed by atoms with Gasteiger partial charge in [0.2, 0.25) is 11.8 Å². The first kappa shape index (κ1) is 20.6. The quantitative estimate of drug-likeness (QED) is 0.681. The van der Waals surface area contributed by atoms with Gasteiger partial charge in [-0.25, -0.2) is 9.97 Å². The monoisotopic (exact) mass is 438 g/mol. The maximum absolute atomic E-state index is 13.1. The fourth-order valence-corrected chi connectivity index (χ4v) is 4.44. The first-order valence-corrected chi connectivity index (χ1v) is 10.8. The zero-order chi connectivity index (χ0) is 21.4. The molecule has 0 N–H and O–H groups in total. The van der Waals surface area contributed by atoms with Crippen LogP contribution in [-0.2, 0) is 17.5 Å². The molecule has 2 aromatic heterocycles. The van der Waals surface area contributed by atoms with Gasteiger partial charge in [0.05, 0.1) is 19.1 Å². The summed E-state index contributed by atoms with van der Waals surface area (Å²) in [7, 11) is 0. The molecule has 1 unspecified atom stereocenters. The van der Waals surface area contributed by atoms with Crippen molar-refractivity contribution >= 4 is 5.82 Å². The number of hydrogen-bond donors (Lipinski definition) is 0. The number of rotatable bonds is 6. The summed E-state index contributed by atoms with van der Waals surface area (Å²) in [6, 6.07) is 1.51. The lowest BCUT2D eigenvalue weighted by Crippen LogP contribution is -2.46. The van der Waals surface area contributed by atoms with Gasteiger partial charge in [-0.1, -0.05) is 0 Å². The van der Waals surface area contributed by atoms with Crippen LogP contribution in [0.2, 0.25) is 0 Å². The summed E-state index contributed by atoms with van der Waals surface area (Å²) in [5.41, 5.74) is -0.888. The molecular formula is C20H25F3N6O2. The van der Waals surface area contributed by atoms with Gasteiger partial charge in [-0.05, 0) is 32.1 Å². The Morgan fingerprint density at radius 2 is 1.81 bits per heavy atom. The molecule has 2 aromatic rings. The van der Waals surface area contributed by atoms with E-state index in [0.717, 1.165) is 64.2 Å². The number of nitrogens with zero attached hydrogens (tertiary/aromatic N) is 6. The number of piperidine rings is 1. The molecule has 168 valence electrons. The van der Waals surface area contributed by atoms with E-state index in [9.17, 15) is 13.2 Å². The van der Waals surface area contributed by atoms with Crippen molar-refractivity contribution < 1.29 is 22.3 Å². The maximum Gasteiger partial charge on any atom is 0.433 e. The lowest BCUT2D eigenvalue weighted by molar-refractivity contribution is -0.141. The average molecular weight is 438 g/mol. The highest BCUT2D eigenvalue weighted by atomic mass is 19.4. The van der Waals surface area contributed by atoms with Crippen molar-refractivity contribution in [2.45, 2.75) is 62.8 Å². The number of halogens is 3. The Morgan fingerprint density at radius 3 is 2.48 bits per heavy atom. The second kappa shape index (κ2) is 8.34. The van der Waals surface area contributed by atoms with Gasteiger partial charge in [-0.2, -0.15) is 13.2 Å². The zero-order valence-corrected chi connectivity index (χ0v) is 17.1. The van der Waals surface area contributed by atoms with E-state index < -0.39 is 11.9 Å². The molecule has 2 saturated heterocycles. The van der Waals surface area contributed by atoms with E-state index in [0.29, 0.717) is 30.8 Å². The molecule has 1 saturated carbocycles. The van der Waals surface area contributed by atoms with Crippen molar-refractivity contribution in [1.82, 2.24) is 25.1 Å². The molecule has 4 heterocycles. The van der Waals surface area contributed by atoms with Crippen LogP contribution < -0.4 is 4.90 Å². The molecular weight excluding hydrogens is 413 g/mol. The number of aromatic nitrogens is 4. The van der Waals surface area contributed by atoms with E-state index in [2.05, 4.69) is 30.0 Å². The third-order valence-electron chi connectivity index (χ3n) is 6.22. The summed E-state index contributed by atoms with van der Waals surface area (Å²) in [5.74, 6) is 1.81. The largest absolute Gasteiger partial charge is 0.433 e. The minimum absolute atomic E-state index is 0.161. The van der Waals surface area contributed by atoms with Gasteiger partial charge in [0, 0.05) is 37.8 Å². The normalized spacial score (nSPS) is 23.4. The molecule has 8 nitrogen and oxygen atoms in total. The minimum Gasteiger partial charge on any atom is -0.423 e. The molecule has 0 spiro atoms. The highest BCUT2D eigenvalue weighted by Gasteiger charge is 2.39. The second-order valence-corrected chi connectivity index (χ2v) is 8.50. The van der Waals surface area contributed by atoms with Crippen LogP contribution in [0.25, 0.3) is 0 Å². The molecule has 3 aliphatic rings. The lowest BCUT2D eigenvalue weighted by Gasteiger charge is -2.39. The van der Waals surface area contributed by atoms with Gasteiger partial charge >= 0.3 is 6.18 Å². The van der Waals surface area contributed by atoms with Gasteiger partial charge < -0.3 is 14.1 Å². The van der Waals surface area contributed by atoms with Crippen molar-refractivity contribution in [3.63, 3.8) is 0 Å². The highest BCUT2D eigenvalue weighted by molar-refractivity contribution is 5.44. The van der Waals surface area contributed by atoms with Gasteiger partial charge in [-0.3, -0.25) is 4.90 Å². The number of ether oxygens (including phenoxy) is 1. The van der Waals surface area contributed by atoms with E-state index in [1.165, 1.54) is 0 Å². The molecule has 31 heavy (non-hydrogen) atoms. The van der Waals surface area contributed by atoms with E-state index in [1.54, 1.807) is 0 Å². The fourth-order valence-electron chi connectivity index (χ4n) is 4.44. The predicted molar refractivity (Wildman–Crippen MR) is 103 cm³/mol. The topological polar surface area (TPSA) is 80.4 Å². The molecule has 3 fully saturated rings. The van der Waals surface area contributed by atoms with Crippen molar-refractivity contribution in [2.75, 3.05) is 31.2 Å². The Kier molecular flexibility index (Phi) is 5.55. The SMILES string of the molecule is FC(F)(F)c1cc(N(C2CC2)C2CCN(Cc3nnc(C4CCOC4)o3)CC2)ncn1. The Balaban J connectivity index is 1.21. The van der Waals surface area contributed by atoms with Crippen LogP contribution in [0.4, 0.5) is 19.0 Å². The van der Waals surface area contributed by atoms with Crippen molar-refractivity contribution in [1.29, 1.82) is 0 Å². The number of alkyl halides is 3. The summed E-state index contributed by atoms with van der Waals surface area (Å²) >= 11 is 0. The Bertz CT molecular complexity index is 889. The summed E-state index contributed by atoms with van der Waals surface area (Å²) in [4.78, 5) is 11.9. The summed E-state index contributed by atoms with van der Waals surface area (Å²) in [6.07, 6.45) is 1.12. The van der Waals surface area contributed by atoms with Gasteiger partial charge in [0.15, 0.2) is 0 Å². The summed E-state index contributed by atoms with van der Waals surface area (Å²) < 4.78 is 50.5. The first-order chi connectivity index (χ1) is 15.0. The summed E-state index contributed by atoms with van der Waals surface area (Å²) in [6.45, 7) is 3.57. The molecule has 1 atom stereocenters. The lowest BCUT2D eigenvalue weighted by atomic mass is 10.0. The van der Waals surface area contributed by atoms with Crippen LogP contribution in [0.5, 0.6) is 0 Å². The Hall–Kier alpha value is -2.27. The smallest absolute Gasteiger partial charge is 0.423 e. The summed E-state index contributed by atoms with van der Waals surface area (Å²) in [5, 5.41) is 8.35. The Labute approximate surface area is 177 Å². The highest BCUT2D eigenvalue weighted by Crippen LogP contribution is 2.37. The van der Waals surface area contributed by atoms with Gasteiger partial charge in [0.1, 0.15) is 17.8 Å². The zero-order valence-electron chi connectivity index (χ0n) is 17.1. The van der Waals surface area contributed by atoms with Crippen LogP contribution in [0.15, 0.2) is 16.8 Å². The van der Waals surface area contributed by atoms with Crippen LogP contribution in [0.1, 0.15) is 55.5 Å². The molecule has 0 bridgehead atoms. The van der Waals surface area contributed by atoms with Gasteiger partial charge in [0.25, 0.3) is 0 Å². The van der Waals surface area contributed by atoms with E-state index in [1.807, 2.05) is 0 Å². The first-order valence-electron chi connectivity index (χ1n) is 10.8. The van der Waals surface area contributed by atoms with Crippen LogP contribution >= 0.6 is 0 Å². The second-order valence-electron chi connectivity index (χ2n) is 8.50. The van der Waals surface area contributed by atoms with E-state index >= 15 is 0 Å². The molecule has 0 aromatic carbocycles. The average Bonchev–Trinajstić information content (AvgIpc) is 3.23. The molecule has 0 radical (unpaired) electrons. The fraction of sp³-hybridized carbons (Fsp3) is 0.700. The number of hydrogen-bond acceptors (Lipinski definition) is 8. The molecule has 5 rings (SSSR count). The van der Waals surface area contributed by atoms with Crippen LogP contribution in [0.3, 0.4) is 0 Å². The van der Waals surface area contributed by atoms with Crippen molar-refractivity contribution in [2.24, 2.45) is 0 Å². The van der Waals surface area contributed by atoms with Crippen molar-refractivity contribution in [3.05, 3.63) is 29.9 Å². The minimum atomic E-state index is -4.47. The van der Waals surface area contributed by atoms with E-state index in [4.69, 9.17) is 9.15 Å². The molecule has 11 heteroatoms. The van der Waals surface area contributed by atoms with Crippen molar-refractivity contribution in [3.8, 4) is 0 Å². The molecule has 2 aliphatic heterocycles. The maximum atomic E-state index is 13.1. The Morgan fingerprint density at radius 1 is 1.03 bits per heavy atom. The molecule has 0 amide bonds. The van der Waals surface area contributed by atoms with Gasteiger partial charge in [-0.15, -0.1) is 10.2 Å². The van der Waals surface area contributed by atoms with Crippen LogP contribution in [0, 0.1) is 0 Å². The molecule has 1 aliphatic carbocycles. The third kappa shape index (κ3) is 4.67. The van der Waals surface area contributed by atoms with E-state index in [-0.39, 0.29) is 18.0 Å². The standard InChI is InChI=1S/C20H25F3N6O2/c21-20(22,23)16-9-17(25-12-24-16)29(14-1-2-14)15-3-6-28(7-4-15)10-18-26-27-19(31-18)13-5-8-30-11-13/h9,12-15H,1-8,10-11H2. The number of likely N-dealkylation sites (tertiary alicyclic amines) is 1. The predicted octanol–water partition coefficient (Wildman–Crippen LogP) is 3.02.